The summed E-state index contributed by atoms with van der Waals surface area (Å²) in [5, 5.41) is 9.82. The molecule has 0 aliphatic rings. The average molecular weight is 322 g/mol. The van der Waals surface area contributed by atoms with Crippen LogP contribution in [0, 0.1) is 0 Å². The van der Waals surface area contributed by atoms with Crippen LogP contribution in [-0.4, -0.2) is 25.8 Å². The highest BCUT2D eigenvalue weighted by atomic mass is 16.2. The fourth-order valence-corrected chi connectivity index (χ4v) is 2.27. The average Bonchev–Trinajstić information content (AvgIpc) is 3.16. The topological polar surface area (TPSA) is 84.7 Å². The van der Waals surface area contributed by atoms with Crippen molar-refractivity contribution in [2.45, 2.75) is 19.5 Å². The zero-order chi connectivity index (χ0) is 16.8. The van der Waals surface area contributed by atoms with Crippen LogP contribution < -0.4 is 10.6 Å². The van der Waals surface area contributed by atoms with Crippen molar-refractivity contribution in [1.29, 1.82) is 0 Å². The fourth-order valence-electron chi connectivity index (χ4n) is 2.27. The smallest absolute Gasteiger partial charge is 0.315 e. The number of nitrogens with zero attached hydrogens (tertiary/aromatic N) is 4. The van der Waals surface area contributed by atoms with E-state index in [1.165, 1.54) is 6.33 Å². The number of nitrogens with one attached hydrogen (secondary N) is 2. The minimum atomic E-state index is -0.216. The number of pyridine rings is 1. The van der Waals surface area contributed by atoms with Crippen molar-refractivity contribution >= 4 is 6.03 Å². The molecule has 2 heterocycles. The SMILES string of the molecule is C[C@@H](NC(=O)NCc1cccnc1)c1ccc(-n2cncn2)cc1. The molecule has 0 spiro atoms. The van der Waals surface area contributed by atoms with Crippen LogP contribution in [0.25, 0.3) is 5.69 Å². The van der Waals surface area contributed by atoms with Gasteiger partial charge in [0.2, 0.25) is 0 Å². The third kappa shape index (κ3) is 3.95. The summed E-state index contributed by atoms with van der Waals surface area (Å²) in [6.45, 7) is 2.38. The summed E-state index contributed by atoms with van der Waals surface area (Å²) >= 11 is 0. The molecule has 1 aromatic carbocycles. The molecule has 0 aliphatic carbocycles. The molecule has 0 saturated carbocycles. The number of carbonyl (C=O) groups is 1. The summed E-state index contributed by atoms with van der Waals surface area (Å²) in [6, 6.07) is 11.2. The Morgan fingerprint density at radius 1 is 1.21 bits per heavy atom. The van der Waals surface area contributed by atoms with Crippen LogP contribution in [0.5, 0.6) is 0 Å². The van der Waals surface area contributed by atoms with Gasteiger partial charge in [0.15, 0.2) is 0 Å². The first-order chi connectivity index (χ1) is 11.7. The molecule has 2 amide bonds. The van der Waals surface area contributed by atoms with Gasteiger partial charge < -0.3 is 10.6 Å². The number of hydrogen-bond acceptors (Lipinski definition) is 4. The lowest BCUT2D eigenvalue weighted by Crippen LogP contribution is -2.36. The van der Waals surface area contributed by atoms with Gasteiger partial charge in [-0.15, -0.1) is 0 Å². The summed E-state index contributed by atoms with van der Waals surface area (Å²) < 4.78 is 1.68. The van der Waals surface area contributed by atoms with Gasteiger partial charge in [0.1, 0.15) is 12.7 Å². The summed E-state index contributed by atoms with van der Waals surface area (Å²) in [5.41, 5.74) is 2.89. The predicted molar refractivity (Wildman–Crippen MR) is 89.4 cm³/mol. The Kier molecular flexibility index (Phi) is 4.81. The second-order valence-electron chi connectivity index (χ2n) is 5.34. The Morgan fingerprint density at radius 3 is 2.71 bits per heavy atom. The molecule has 122 valence electrons. The molecule has 3 aromatic rings. The van der Waals surface area contributed by atoms with E-state index in [0.717, 1.165) is 16.8 Å². The van der Waals surface area contributed by atoms with E-state index in [9.17, 15) is 4.79 Å². The summed E-state index contributed by atoms with van der Waals surface area (Å²) in [4.78, 5) is 19.9. The van der Waals surface area contributed by atoms with Gasteiger partial charge in [-0.25, -0.2) is 14.5 Å². The standard InChI is InChI=1S/C17H18N6O/c1-13(22-17(24)20-10-14-3-2-8-18-9-14)15-4-6-16(7-5-15)23-12-19-11-21-23/h2-9,11-13H,10H2,1H3,(H2,20,22,24)/t13-/m1/s1. The van der Waals surface area contributed by atoms with E-state index in [-0.39, 0.29) is 12.1 Å². The number of rotatable bonds is 5. The number of hydrogen-bond donors (Lipinski definition) is 2. The maximum atomic E-state index is 12.0. The molecule has 0 unspecified atom stereocenters. The highest BCUT2D eigenvalue weighted by Crippen LogP contribution is 2.15. The van der Waals surface area contributed by atoms with E-state index in [0.29, 0.717) is 6.54 Å². The van der Waals surface area contributed by atoms with Gasteiger partial charge in [0.25, 0.3) is 0 Å². The van der Waals surface area contributed by atoms with Crippen molar-refractivity contribution in [1.82, 2.24) is 30.4 Å². The maximum absolute atomic E-state index is 12.0. The van der Waals surface area contributed by atoms with Crippen LogP contribution in [0.1, 0.15) is 24.1 Å². The Hall–Kier alpha value is -3.22. The van der Waals surface area contributed by atoms with E-state index in [4.69, 9.17) is 0 Å². The molecule has 7 heteroatoms. The van der Waals surface area contributed by atoms with E-state index in [1.54, 1.807) is 23.4 Å². The van der Waals surface area contributed by atoms with Crippen LogP contribution in [0.4, 0.5) is 4.79 Å². The normalized spacial score (nSPS) is 11.7. The van der Waals surface area contributed by atoms with Gasteiger partial charge in [-0.1, -0.05) is 18.2 Å². The van der Waals surface area contributed by atoms with Crippen LogP contribution >= 0.6 is 0 Å². The summed E-state index contributed by atoms with van der Waals surface area (Å²) in [5.74, 6) is 0. The van der Waals surface area contributed by atoms with Gasteiger partial charge in [-0.2, -0.15) is 5.10 Å². The van der Waals surface area contributed by atoms with Crippen molar-refractivity contribution in [2.24, 2.45) is 0 Å². The highest BCUT2D eigenvalue weighted by Gasteiger charge is 2.09. The van der Waals surface area contributed by atoms with Gasteiger partial charge >= 0.3 is 6.03 Å². The lowest BCUT2D eigenvalue weighted by molar-refractivity contribution is 0.237. The molecule has 7 nitrogen and oxygen atoms in total. The van der Waals surface area contributed by atoms with E-state index >= 15 is 0 Å². The molecular formula is C17H18N6O. The Bertz CT molecular complexity index is 771. The van der Waals surface area contributed by atoms with Crippen LogP contribution in [-0.2, 0) is 6.54 Å². The number of benzene rings is 1. The van der Waals surface area contributed by atoms with E-state index < -0.39 is 0 Å². The first-order valence-corrected chi connectivity index (χ1v) is 7.60. The number of aromatic nitrogens is 4. The quantitative estimate of drug-likeness (QED) is 0.754. The van der Waals surface area contributed by atoms with Crippen molar-refractivity contribution in [3.8, 4) is 5.69 Å². The Morgan fingerprint density at radius 2 is 2.04 bits per heavy atom. The minimum absolute atomic E-state index is 0.108. The zero-order valence-electron chi connectivity index (χ0n) is 13.3. The highest BCUT2D eigenvalue weighted by molar-refractivity contribution is 5.74. The molecule has 0 bridgehead atoms. The van der Waals surface area contributed by atoms with Crippen molar-refractivity contribution < 1.29 is 4.79 Å². The number of amides is 2. The molecule has 3 rings (SSSR count). The monoisotopic (exact) mass is 322 g/mol. The van der Waals surface area contributed by atoms with Crippen LogP contribution in [0.15, 0.2) is 61.4 Å². The fraction of sp³-hybridized carbons (Fsp3) is 0.176. The van der Waals surface area contributed by atoms with Crippen molar-refractivity contribution in [3.63, 3.8) is 0 Å². The predicted octanol–water partition coefficient (Wildman–Crippen LogP) is 2.22. The van der Waals surface area contributed by atoms with Crippen molar-refractivity contribution in [2.75, 3.05) is 0 Å². The number of carbonyl (C=O) groups excluding carboxylic acids is 1. The molecule has 0 radical (unpaired) electrons. The summed E-state index contributed by atoms with van der Waals surface area (Å²) in [7, 11) is 0. The van der Waals surface area contributed by atoms with E-state index in [2.05, 4.69) is 25.7 Å². The first kappa shape index (κ1) is 15.7. The van der Waals surface area contributed by atoms with Gasteiger partial charge in [-0.3, -0.25) is 4.98 Å². The Balaban J connectivity index is 1.54. The van der Waals surface area contributed by atoms with Gasteiger partial charge in [-0.05, 0) is 36.2 Å². The lowest BCUT2D eigenvalue weighted by Gasteiger charge is -2.15. The maximum Gasteiger partial charge on any atom is 0.315 e. The zero-order valence-corrected chi connectivity index (χ0v) is 13.3. The third-order valence-electron chi connectivity index (χ3n) is 3.60. The molecule has 2 aromatic heterocycles. The third-order valence-corrected chi connectivity index (χ3v) is 3.60. The van der Waals surface area contributed by atoms with Crippen molar-refractivity contribution in [3.05, 3.63) is 72.6 Å². The molecule has 1 atom stereocenters. The lowest BCUT2D eigenvalue weighted by atomic mass is 10.1. The van der Waals surface area contributed by atoms with Crippen LogP contribution in [0.3, 0.4) is 0 Å². The van der Waals surface area contributed by atoms with Gasteiger partial charge in [0.05, 0.1) is 11.7 Å². The molecule has 2 N–H and O–H groups in total. The molecule has 24 heavy (non-hydrogen) atoms. The second kappa shape index (κ2) is 7.36. The van der Waals surface area contributed by atoms with E-state index in [1.807, 2.05) is 43.3 Å². The Labute approximate surface area is 139 Å². The number of urea groups is 1. The largest absolute Gasteiger partial charge is 0.334 e. The molecular weight excluding hydrogens is 304 g/mol. The summed E-state index contributed by atoms with van der Waals surface area (Å²) in [6.07, 6.45) is 6.56. The molecule has 0 aliphatic heterocycles. The van der Waals surface area contributed by atoms with Crippen LogP contribution in [0.2, 0.25) is 0 Å². The first-order valence-electron chi connectivity index (χ1n) is 7.60. The second-order valence-corrected chi connectivity index (χ2v) is 5.34. The molecule has 0 fully saturated rings. The minimum Gasteiger partial charge on any atom is -0.334 e. The van der Waals surface area contributed by atoms with Gasteiger partial charge in [0, 0.05) is 18.9 Å². The molecule has 0 saturated heterocycles.